The van der Waals surface area contributed by atoms with Crippen LogP contribution in [-0.4, -0.2) is 18.9 Å². The minimum Gasteiger partial charge on any atom is -0.355 e. The van der Waals surface area contributed by atoms with Crippen LogP contribution in [0.5, 0.6) is 0 Å². The molecule has 2 N–H and O–H groups in total. The van der Waals surface area contributed by atoms with E-state index in [9.17, 15) is 9.59 Å². The summed E-state index contributed by atoms with van der Waals surface area (Å²) in [5.41, 5.74) is 1.19. The maximum atomic E-state index is 11.6. The largest absolute Gasteiger partial charge is 0.355 e. The minimum absolute atomic E-state index is 0.0333. The predicted molar refractivity (Wildman–Crippen MR) is 67.9 cm³/mol. The Morgan fingerprint density at radius 1 is 1.29 bits per heavy atom. The van der Waals surface area contributed by atoms with Crippen LogP contribution in [0.2, 0.25) is 0 Å². The highest BCUT2D eigenvalue weighted by Gasteiger charge is 2.07. The van der Waals surface area contributed by atoms with Crippen molar-refractivity contribution in [3.05, 3.63) is 29.8 Å². The smallest absolute Gasteiger partial charge is 0.251 e. The van der Waals surface area contributed by atoms with Crippen molar-refractivity contribution < 1.29 is 9.59 Å². The highest BCUT2D eigenvalue weighted by atomic mass is 16.2. The first-order valence-electron chi connectivity index (χ1n) is 5.65. The highest BCUT2D eigenvalue weighted by molar-refractivity contribution is 5.97. The van der Waals surface area contributed by atoms with Crippen LogP contribution in [0.15, 0.2) is 24.3 Å². The molecule has 0 bridgehead atoms. The van der Waals surface area contributed by atoms with Crippen molar-refractivity contribution in [2.45, 2.75) is 20.3 Å². The molecule has 0 aliphatic heterocycles. The van der Waals surface area contributed by atoms with Crippen molar-refractivity contribution in [2.75, 3.05) is 12.4 Å². The number of amides is 2. The Kier molecular flexibility index (Phi) is 4.69. The first-order valence-corrected chi connectivity index (χ1v) is 5.65. The zero-order valence-corrected chi connectivity index (χ0v) is 10.4. The molecule has 0 fully saturated rings. The van der Waals surface area contributed by atoms with Crippen LogP contribution in [0.4, 0.5) is 5.69 Å². The summed E-state index contributed by atoms with van der Waals surface area (Å²) >= 11 is 0. The number of anilines is 1. The molecule has 1 aromatic rings. The number of nitrogens with one attached hydrogen (secondary N) is 2. The Hall–Kier alpha value is -1.84. The van der Waals surface area contributed by atoms with E-state index in [4.69, 9.17) is 0 Å². The molecule has 0 spiro atoms. The number of rotatable bonds is 4. The molecule has 0 heterocycles. The molecule has 0 aliphatic carbocycles. The lowest BCUT2D eigenvalue weighted by atomic mass is 10.1. The molecule has 0 unspecified atom stereocenters. The van der Waals surface area contributed by atoms with Gasteiger partial charge in [0.25, 0.3) is 5.91 Å². The van der Waals surface area contributed by atoms with Crippen molar-refractivity contribution in [3.8, 4) is 0 Å². The molecule has 2 amide bonds. The molecule has 0 aliphatic rings. The molecule has 1 aromatic carbocycles. The maximum absolute atomic E-state index is 11.6. The first-order chi connectivity index (χ1) is 8.02. The molecule has 4 nitrogen and oxygen atoms in total. The van der Waals surface area contributed by atoms with Crippen LogP contribution < -0.4 is 10.6 Å². The molecule has 17 heavy (non-hydrogen) atoms. The van der Waals surface area contributed by atoms with Gasteiger partial charge in [0.15, 0.2) is 0 Å². The van der Waals surface area contributed by atoms with E-state index in [1.54, 1.807) is 31.3 Å². The standard InChI is InChI=1S/C13H18N2O2/c1-9(2)7-12(16)15-11-6-4-5-10(8-11)13(17)14-3/h4-6,8-9H,7H2,1-3H3,(H,14,17)(H,15,16). The van der Waals surface area contributed by atoms with Gasteiger partial charge < -0.3 is 10.6 Å². The first kappa shape index (κ1) is 13.2. The molecule has 92 valence electrons. The van der Waals surface area contributed by atoms with Gasteiger partial charge in [-0.15, -0.1) is 0 Å². The molecular formula is C13H18N2O2. The van der Waals surface area contributed by atoms with Crippen LogP contribution >= 0.6 is 0 Å². The Morgan fingerprint density at radius 3 is 2.59 bits per heavy atom. The minimum atomic E-state index is -0.162. The van der Waals surface area contributed by atoms with Gasteiger partial charge in [0.05, 0.1) is 0 Å². The van der Waals surface area contributed by atoms with Gasteiger partial charge in [0.2, 0.25) is 5.91 Å². The molecule has 0 saturated heterocycles. The van der Waals surface area contributed by atoms with E-state index in [-0.39, 0.29) is 11.8 Å². The number of carbonyl (C=O) groups is 2. The molecular weight excluding hydrogens is 216 g/mol. The second-order valence-corrected chi connectivity index (χ2v) is 4.31. The van der Waals surface area contributed by atoms with Gasteiger partial charge in [0, 0.05) is 24.7 Å². The fraction of sp³-hybridized carbons (Fsp3) is 0.385. The summed E-state index contributed by atoms with van der Waals surface area (Å²) in [6.45, 7) is 3.97. The summed E-state index contributed by atoms with van der Waals surface area (Å²) in [6.07, 6.45) is 0.476. The Labute approximate surface area is 101 Å². The van der Waals surface area contributed by atoms with Gasteiger partial charge in [-0.25, -0.2) is 0 Å². The lowest BCUT2D eigenvalue weighted by Crippen LogP contribution is -2.18. The van der Waals surface area contributed by atoms with E-state index in [0.717, 1.165) is 0 Å². The summed E-state index contributed by atoms with van der Waals surface area (Å²) in [4.78, 5) is 23.0. The lowest BCUT2D eigenvalue weighted by Gasteiger charge is -2.08. The quantitative estimate of drug-likeness (QED) is 0.837. The van der Waals surface area contributed by atoms with E-state index >= 15 is 0 Å². The van der Waals surface area contributed by atoms with Crippen LogP contribution in [-0.2, 0) is 4.79 Å². The average Bonchev–Trinajstić information content (AvgIpc) is 2.27. The number of hydrogen-bond acceptors (Lipinski definition) is 2. The summed E-state index contributed by atoms with van der Waals surface area (Å²) in [5.74, 6) is 0.121. The Morgan fingerprint density at radius 2 is 2.00 bits per heavy atom. The second kappa shape index (κ2) is 6.03. The summed E-state index contributed by atoms with van der Waals surface area (Å²) in [6, 6.07) is 6.88. The van der Waals surface area contributed by atoms with Crippen LogP contribution in [0.1, 0.15) is 30.6 Å². The number of benzene rings is 1. The van der Waals surface area contributed by atoms with E-state index in [2.05, 4.69) is 10.6 Å². The number of hydrogen-bond donors (Lipinski definition) is 2. The number of carbonyl (C=O) groups excluding carboxylic acids is 2. The molecule has 1 rings (SSSR count). The topological polar surface area (TPSA) is 58.2 Å². The monoisotopic (exact) mass is 234 g/mol. The fourth-order valence-corrected chi connectivity index (χ4v) is 1.47. The van der Waals surface area contributed by atoms with Gasteiger partial charge in [-0.2, -0.15) is 0 Å². The maximum Gasteiger partial charge on any atom is 0.251 e. The van der Waals surface area contributed by atoms with E-state index < -0.39 is 0 Å². The van der Waals surface area contributed by atoms with Gasteiger partial charge in [-0.3, -0.25) is 9.59 Å². The molecule has 0 saturated carbocycles. The summed E-state index contributed by atoms with van der Waals surface area (Å²) in [5, 5.41) is 5.32. The zero-order chi connectivity index (χ0) is 12.8. The van der Waals surface area contributed by atoms with Crippen molar-refractivity contribution in [3.63, 3.8) is 0 Å². The molecule has 0 atom stereocenters. The van der Waals surface area contributed by atoms with Crippen LogP contribution in [0.25, 0.3) is 0 Å². The van der Waals surface area contributed by atoms with Crippen LogP contribution in [0.3, 0.4) is 0 Å². The third kappa shape index (κ3) is 4.26. The molecule has 0 aromatic heterocycles. The Bertz CT molecular complexity index is 414. The lowest BCUT2D eigenvalue weighted by molar-refractivity contribution is -0.116. The second-order valence-electron chi connectivity index (χ2n) is 4.31. The molecule has 4 heteroatoms. The predicted octanol–water partition coefficient (Wildman–Crippen LogP) is 2.03. The van der Waals surface area contributed by atoms with Gasteiger partial charge in [-0.1, -0.05) is 19.9 Å². The van der Waals surface area contributed by atoms with Crippen molar-refractivity contribution in [1.29, 1.82) is 0 Å². The van der Waals surface area contributed by atoms with E-state index in [1.807, 2.05) is 13.8 Å². The summed E-state index contributed by atoms with van der Waals surface area (Å²) in [7, 11) is 1.58. The zero-order valence-electron chi connectivity index (χ0n) is 10.4. The highest BCUT2D eigenvalue weighted by Crippen LogP contribution is 2.12. The van der Waals surface area contributed by atoms with Gasteiger partial charge in [0.1, 0.15) is 0 Å². The third-order valence-corrected chi connectivity index (χ3v) is 2.23. The summed E-state index contributed by atoms with van der Waals surface area (Å²) < 4.78 is 0. The van der Waals surface area contributed by atoms with Gasteiger partial charge in [-0.05, 0) is 24.1 Å². The average molecular weight is 234 g/mol. The van der Waals surface area contributed by atoms with Crippen molar-refractivity contribution in [1.82, 2.24) is 5.32 Å². The van der Waals surface area contributed by atoms with Crippen LogP contribution in [0, 0.1) is 5.92 Å². The third-order valence-electron chi connectivity index (χ3n) is 2.23. The van der Waals surface area contributed by atoms with Crippen molar-refractivity contribution in [2.24, 2.45) is 5.92 Å². The van der Waals surface area contributed by atoms with Crippen molar-refractivity contribution >= 4 is 17.5 Å². The SMILES string of the molecule is CNC(=O)c1cccc(NC(=O)CC(C)C)c1. The van der Waals surface area contributed by atoms with Gasteiger partial charge >= 0.3 is 0 Å². The molecule has 0 radical (unpaired) electrons. The van der Waals surface area contributed by atoms with E-state index in [0.29, 0.717) is 23.6 Å². The Balaban J connectivity index is 2.72. The fourth-order valence-electron chi connectivity index (χ4n) is 1.47. The van der Waals surface area contributed by atoms with E-state index in [1.165, 1.54) is 0 Å². The normalized spacial score (nSPS) is 10.1.